The Labute approximate surface area is 360 Å². The van der Waals surface area contributed by atoms with Gasteiger partial charge in [-0.3, -0.25) is 29.4 Å². The fourth-order valence-electron chi connectivity index (χ4n) is 9.73. The van der Waals surface area contributed by atoms with Crippen molar-refractivity contribution in [1.82, 2.24) is 25.1 Å². The van der Waals surface area contributed by atoms with Gasteiger partial charge in [0.25, 0.3) is 11.8 Å². The van der Waals surface area contributed by atoms with Gasteiger partial charge in [-0.25, -0.2) is 9.97 Å². The number of anilines is 2. The van der Waals surface area contributed by atoms with E-state index in [1.165, 1.54) is 0 Å². The molecule has 0 saturated carbocycles. The summed E-state index contributed by atoms with van der Waals surface area (Å²) in [6.07, 6.45) is 6.51. The molecule has 3 aromatic carbocycles. The predicted octanol–water partition coefficient (Wildman–Crippen LogP) is 6.13. The minimum absolute atomic E-state index is 0.100. The molecule has 0 aliphatic carbocycles. The first-order valence-electron chi connectivity index (χ1n) is 21.2. The number of imide groups is 2. The molecule has 14 heteroatoms. The normalized spacial score (nSPS) is 20.7. The van der Waals surface area contributed by atoms with Crippen LogP contribution in [0.3, 0.4) is 0 Å². The SMILES string of the molecule is CC(C)(c1ccc(OCc2ccnc(N3CCC(CN4CCC5(CC4)CN(c4ccc6c(c4)C(=O)N(C4CCC(=O)NC4=O)C6=O)C5)CC3)n2)cc1)c1cc(Cl)cc(C#N)c1. The van der Waals surface area contributed by atoms with Crippen LogP contribution in [0.2, 0.25) is 5.02 Å². The van der Waals surface area contributed by atoms with E-state index in [2.05, 4.69) is 57.0 Å². The molecular formula is C47H49ClN8O5. The maximum absolute atomic E-state index is 13.4. The van der Waals surface area contributed by atoms with Gasteiger partial charge in [-0.15, -0.1) is 0 Å². The maximum atomic E-state index is 13.4. The summed E-state index contributed by atoms with van der Waals surface area (Å²) >= 11 is 6.31. The lowest BCUT2D eigenvalue weighted by molar-refractivity contribution is -0.136. The molecule has 1 spiro atoms. The van der Waals surface area contributed by atoms with E-state index in [1.54, 1.807) is 18.2 Å². The summed E-state index contributed by atoms with van der Waals surface area (Å²) in [6, 6.07) is 22.1. The summed E-state index contributed by atoms with van der Waals surface area (Å²) in [4.78, 5) is 68.3. The number of nitrogens with one attached hydrogen (secondary N) is 1. The molecule has 1 atom stereocenters. The van der Waals surface area contributed by atoms with Crippen LogP contribution in [0.25, 0.3) is 0 Å². The Hall–Kier alpha value is -5.84. The Kier molecular flexibility index (Phi) is 10.8. The number of rotatable bonds is 10. The van der Waals surface area contributed by atoms with Crippen molar-refractivity contribution in [1.29, 1.82) is 5.26 Å². The van der Waals surface area contributed by atoms with E-state index < -0.39 is 23.8 Å². The minimum Gasteiger partial charge on any atom is -0.487 e. The smallest absolute Gasteiger partial charge is 0.262 e. The third kappa shape index (κ3) is 8.07. The molecule has 6 heterocycles. The zero-order valence-electron chi connectivity index (χ0n) is 34.5. The van der Waals surface area contributed by atoms with Gasteiger partial charge in [0.2, 0.25) is 17.8 Å². The molecule has 5 aliphatic rings. The highest BCUT2D eigenvalue weighted by Gasteiger charge is 2.47. The summed E-state index contributed by atoms with van der Waals surface area (Å²) in [5.41, 5.74) is 4.90. The lowest BCUT2D eigenvalue weighted by atomic mass is 9.71. The quantitative estimate of drug-likeness (QED) is 0.184. The fraction of sp³-hybridized carbons (Fsp3) is 0.426. The molecule has 4 amide bonds. The molecule has 5 aliphatic heterocycles. The average molecular weight is 841 g/mol. The van der Waals surface area contributed by atoms with Gasteiger partial charge in [-0.2, -0.15) is 5.26 Å². The van der Waals surface area contributed by atoms with Gasteiger partial charge in [0.15, 0.2) is 0 Å². The molecule has 1 unspecified atom stereocenters. The monoisotopic (exact) mass is 840 g/mol. The summed E-state index contributed by atoms with van der Waals surface area (Å²) in [5.74, 6) is 0.197. The average Bonchev–Trinajstić information content (AvgIpc) is 3.50. The number of hydrogen-bond donors (Lipinski definition) is 1. The second-order valence-electron chi connectivity index (χ2n) is 17.9. The number of hydrogen-bond acceptors (Lipinski definition) is 11. The van der Waals surface area contributed by atoms with Crippen LogP contribution in [-0.2, 0) is 21.6 Å². The molecule has 4 aromatic rings. The van der Waals surface area contributed by atoms with Gasteiger partial charge in [0, 0.05) is 66.9 Å². The third-order valence-electron chi connectivity index (χ3n) is 13.6. The Morgan fingerprint density at radius 2 is 1.61 bits per heavy atom. The molecule has 0 radical (unpaired) electrons. The first-order valence-corrected chi connectivity index (χ1v) is 21.6. The number of amides is 4. The summed E-state index contributed by atoms with van der Waals surface area (Å²) in [7, 11) is 0. The number of ether oxygens (including phenoxy) is 1. The molecular weight excluding hydrogens is 792 g/mol. The van der Waals surface area contributed by atoms with Gasteiger partial charge >= 0.3 is 0 Å². The van der Waals surface area contributed by atoms with Crippen molar-refractivity contribution in [2.24, 2.45) is 11.3 Å². The number of nitrogens with zero attached hydrogens (tertiary/aromatic N) is 7. The first kappa shape index (κ1) is 40.6. The summed E-state index contributed by atoms with van der Waals surface area (Å²) in [6.45, 7) is 11.5. The second kappa shape index (κ2) is 16.2. The number of nitriles is 1. The standard InChI is InChI=1S/C47H49ClN8O5/c1-46(2,33-21-31(25-49)22-34(48)23-33)32-3-6-37(7-4-32)61-27-35-11-16-50-45(51-35)54-17-12-30(13-18-54)26-53-19-14-47(15-20-53)28-55(29-47)36-5-8-38-39(24-36)44(60)56(43(38)59)40-9-10-41(57)52-42(40)58/h3-8,11,16,21-24,30,40H,9-10,12-15,17-20,26-29H2,1-2H3,(H,52,57,58). The van der Waals surface area contributed by atoms with Crippen LogP contribution in [-0.4, -0.2) is 95.3 Å². The van der Waals surface area contributed by atoms with Gasteiger partial charge in [0.05, 0.1) is 28.5 Å². The van der Waals surface area contributed by atoms with E-state index in [4.69, 9.17) is 21.3 Å². The maximum Gasteiger partial charge on any atom is 0.262 e. The Morgan fingerprint density at radius 3 is 2.33 bits per heavy atom. The number of carbonyl (C=O) groups excluding carboxylic acids is 4. The van der Waals surface area contributed by atoms with E-state index in [1.807, 2.05) is 42.6 Å². The van der Waals surface area contributed by atoms with Crippen molar-refractivity contribution in [2.75, 3.05) is 55.6 Å². The lowest BCUT2D eigenvalue weighted by Crippen LogP contribution is -2.60. The number of likely N-dealkylation sites (tertiary alicyclic amines) is 1. The van der Waals surface area contributed by atoms with Crippen molar-refractivity contribution in [3.8, 4) is 11.8 Å². The zero-order valence-corrected chi connectivity index (χ0v) is 35.3. The first-order chi connectivity index (χ1) is 29.4. The van der Waals surface area contributed by atoms with Crippen molar-refractivity contribution in [2.45, 2.75) is 70.4 Å². The number of aromatic nitrogens is 2. The van der Waals surface area contributed by atoms with Crippen LogP contribution in [0.4, 0.5) is 11.6 Å². The number of halogens is 1. The minimum atomic E-state index is -0.962. The van der Waals surface area contributed by atoms with Crippen LogP contribution >= 0.6 is 11.6 Å². The molecule has 0 bridgehead atoms. The van der Waals surface area contributed by atoms with Crippen molar-refractivity contribution in [3.63, 3.8) is 0 Å². The van der Waals surface area contributed by atoms with E-state index in [9.17, 15) is 24.4 Å². The van der Waals surface area contributed by atoms with Crippen molar-refractivity contribution in [3.05, 3.63) is 111 Å². The molecule has 9 rings (SSSR count). The van der Waals surface area contributed by atoms with Gasteiger partial charge in [0.1, 0.15) is 18.4 Å². The van der Waals surface area contributed by atoms with E-state index in [-0.39, 0.29) is 29.6 Å². The second-order valence-corrected chi connectivity index (χ2v) is 18.3. The predicted molar refractivity (Wildman–Crippen MR) is 229 cm³/mol. The van der Waals surface area contributed by atoms with Crippen LogP contribution in [0, 0.1) is 22.7 Å². The molecule has 1 N–H and O–H groups in total. The van der Waals surface area contributed by atoms with Gasteiger partial charge < -0.3 is 19.4 Å². The van der Waals surface area contributed by atoms with Crippen molar-refractivity contribution < 1.29 is 23.9 Å². The molecule has 4 fully saturated rings. The fourth-order valence-corrected chi connectivity index (χ4v) is 9.97. The highest BCUT2D eigenvalue weighted by atomic mass is 35.5. The summed E-state index contributed by atoms with van der Waals surface area (Å²) in [5, 5.41) is 12.2. The largest absolute Gasteiger partial charge is 0.487 e. The molecule has 13 nitrogen and oxygen atoms in total. The van der Waals surface area contributed by atoms with Crippen LogP contribution < -0.4 is 19.9 Å². The van der Waals surface area contributed by atoms with E-state index in [0.717, 1.165) is 111 Å². The molecule has 1 aromatic heterocycles. The topological polar surface area (TPSA) is 152 Å². The van der Waals surface area contributed by atoms with Crippen LogP contribution in [0.1, 0.15) is 95.5 Å². The van der Waals surface area contributed by atoms with E-state index >= 15 is 0 Å². The number of piperidine rings is 3. The highest BCUT2D eigenvalue weighted by Crippen LogP contribution is 2.44. The number of carbonyl (C=O) groups is 4. The number of benzene rings is 3. The molecule has 314 valence electrons. The van der Waals surface area contributed by atoms with Crippen molar-refractivity contribution >= 4 is 46.9 Å². The molecule has 61 heavy (non-hydrogen) atoms. The van der Waals surface area contributed by atoms with Gasteiger partial charge in [-0.1, -0.05) is 37.6 Å². The van der Waals surface area contributed by atoms with Gasteiger partial charge in [-0.05, 0) is 117 Å². The third-order valence-corrected chi connectivity index (χ3v) is 13.8. The van der Waals surface area contributed by atoms with E-state index in [0.29, 0.717) is 34.2 Å². The Balaban J connectivity index is 0.717. The highest BCUT2D eigenvalue weighted by molar-refractivity contribution is 6.30. The van der Waals surface area contributed by atoms with Crippen LogP contribution in [0.5, 0.6) is 5.75 Å². The Morgan fingerprint density at radius 1 is 0.869 bits per heavy atom. The lowest BCUT2D eigenvalue weighted by Gasteiger charge is -2.55. The Bertz CT molecular complexity index is 2430. The number of fused-ring (bicyclic) bond motifs is 1. The zero-order chi connectivity index (χ0) is 42.5. The van der Waals surface area contributed by atoms with Crippen LogP contribution in [0.15, 0.2) is 72.9 Å². The molecule has 4 saturated heterocycles. The summed E-state index contributed by atoms with van der Waals surface area (Å²) < 4.78 is 6.15.